The Morgan fingerprint density at radius 3 is 2.14 bits per heavy atom. The summed E-state index contributed by atoms with van der Waals surface area (Å²) in [6, 6.07) is 0. The Balaban J connectivity index is 4.78. The van der Waals surface area contributed by atoms with E-state index in [-0.39, 0.29) is 0 Å². The molecule has 22 heavy (non-hydrogen) atoms. The molecule has 0 aromatic rings. The largest absolute Gasteiger partial charge is 0.481 e. The number of aliphatic carboxylic acids is 1. The van der Waals surface area contributed by atoms with Crippen LogP contribution < -0.4 is 0 Å². The van der Waals surface area contributed by atoms with Crippen molar-refractivity contribution in [2.75, 3.05) is 0 Å². The lowest BCUT2D eigenvalue weighted by Gasteiger charge is -2.20. The topological polar surface area (TPSA) is 118 Å². The van der Waals surface area contributed by atoms with E-state index in [0.717, 1.165) is 19.3 Å². The molecule has 0 rings (SSSR count). The predicted octanol–water partition coefficient (Wildman–Crippen LogP) is 2.26. The number of ether oxygens (including phenoxy) is 1. The summed E-state index contributed by atoms with van der Waals surface area (Å²) < 4.78 is 36.4. The molecule has 0 saturated carbocycles. The lowest BCUT2D eigenvalue weighted by molar-refractivity contribution is -0.152. The van der Waals surface area contributed by atoms with Crippen molar-refractivity contribution in [2.24, 2.45) is 5.92 Å². The van der Waals surface area contributed by atoms with Gasteiger partial charge in [0.1, 0.15) is 6.10 Å². The Bertz CT molecular complexity index is 456. The highest BCUT2D eigenvalue weighted by molar-refractivity contribution is 7.87. The molecule has 7 nitrogen and oxygen atoms in total. The van der Waals surface area contributed by atoms with Gasteiger partial charge in [0.05, 0.1) is 6.42 Å². The van der Waals surface area contributed by atoms with E-state index >= 15 is 0 Å². The third-order valence-corrected chi connectivity index (χ3v) is 4.26. The molecule has 0 fully saturated rings. The maximum atomic E-state index is 11.9. The highest BCUT2D eigenvalue weighted by atomic mass is 32.2. The predicted molar refractivity (Wildman–Crippen MR) is 81.1 cm³/mol. The number of esters is 1. The van der Waals surface area contributed by atoms with Crippen LogP contribution >= 0.6 is 0 Å². The molecule has 130 valence electrons. The summed E-state index contributed by atoms with van der Waals surface area (Å²) in [5.41, 5.74) is 0. The normalized spacial score (nSPS) is 14.6. The summed E-state index contributed by atoms with van der Waals surface area (Å²) >= 11 is 0. The maximum Gasteiger partial charge on any atom is 0.327 e. The second kappa shape index (κ2) is 9.78. The highest BCUT2D eigenvalue weighted by Crippen LogP contribution is 2.17. The van der Waals surface area contributed by atoms with Crippen LogP contribution in [0.3, 0.4) is 0 Å². The fourth-order valence-corrected chi connectivity index (χ4v) is 2.70. The van der Waals surface area contributed by atoms with E-state index in [1.807, 2.05) is 6.92 Å². The number of carboxylic acids is 1. The van der Waals surface area contributed by atoms with Gasteiger partial charge in [-0.25, -0.2) is 0 Å². The fourth-order valence-electron chi connectivity index (χ4n) is 2.05. The van der Waals surface area contributed by atoms with Gasteiger partial charge in [0, 0.05) is 0 Å². The van der Waals surface area contributed by atoms with Crippen LogP contribution in [-0.4, -0.2) is 41.4 Å². The number of carbonyl (C=O) groups is 2. The zero-order valence-electron chi connectivity index (χ0n) is 13.3. The lowest BCUT2D eigenvalue weighted by atomic mass is 10.0. The van der Waals surface area contributed by atoms with Gasteiger partial charge in [-0.15, -0.1) is 0 Å². The first-order chi connectivity index (χ1) is 10.1. The molecule has 0 heterocycles. The fraction of sp³-hybridized carbons (Fsp3) is 0.857. The summed E-state index contributed by atoms with van der Waals surface area (Å²) in [7, 11) is -4.81. The quantitative estimate of drug-likeness (QED) is 0.438. The van der Waals surface area contributed by atoms with Gasteiger partial charge in [0.15, 0.2) is 5.25 Å². The molecule has 0 bridgehead atoms. The summed E-state index contributed by atoms with van der Waals surface area (Å²) in [6.45, 7) is 6.05. The van der Waals surface area contributed by atoms with Gasteiger partial charge >= 0.3 is 11.9 Å². The molecule has 0 saturated heterocycles. The summed E-state index contributed by atoms with van der Waals surface area (Å²) in [6.07, 6.45) is 2.20. The number of carbonyl (C=O) groups excluding carboxylic acids is 1. The van der Waals surface area contributed by atoms with E-state index in [4.69, 9.17) is 14.4 Å². The van der Waals surface area contributed by atoms with E-state index in [1.54, 1.807) is 0 Å². The molecule has 2 unspecified atom stereocenters. The Morgan fingerprint density at radius 2 is 1.73 bits per heavy atom. The van der Waals surface area contributed by atoms with Gasteiger partial charge in [-0.1, -0.05) is 33.6 Å². The zero-order chi connectivity index (χ0) is 17.3. The van der Waals surface area contributed by atoms with E-state index in [1.165, 1.54) is 0 Å². The molecule has 0 aromatic heterocycles. The minimum atomic E-state index is -4.81. The first-order valence-corrected chi connectivity index (χ1v) is 8.96. The van der Waals surface area contributed by atoms with Crippen molar-refractivity contribution in [3.05, 3.63) is 0 Å². The molecule has 0 aliphatic rings. The molecular weight excluding hydrogens is 312 g/mol. The van der Waals surface area contributed by atoms with E-state index < -0.39 is 39.8 Å². The van der Waals surface area contributed by atoms with Gasteiger partial charge in [-0.2, -0.15) is 8.42 Å². The summed E-state index contributed by atoms with van der Waals surface area (Å²) in [5.74, 6) is -2.19. The average Bonchev–Trinajstić information content (AvgIpc) is 2.34. The molecular formula is C14H26O7S. The minimum absolute atomic E-state index is 0.464. The monoisotopic (exact) mass is 338 g/mol. The lowest BCUT2D eigenvalue weighted by Crippen LogP contribution is -2.36. The van der Waals surface area contributed by atoms with Crippen molar-refractivity contribution in [3.63, 3.8) is 0 Å². The molecule has 2 N–H and O–H groups in total. The number of hydrogen-bond donors (Lipinski definition) is 2. The Labute approximate surface area is 131 Å². The van der Waals surface area contributed by atoms with Crippen LogP contribution in [-0.2, 0) is 24.4 Å². The average molecular weight is 338 g/mol. The highest BCUT2D eigenvalue weighted by Gasteiger charge is 2.36. The van der Waals surface area contributed by atoms with Crippen molar-refractivity contribution in [2.45, 2.75) is 70.7 Å². The van der Waals surface area contributed by atoms with Crippen molar-refractivity contribution < 1.29 is 32.4 Å². The first-order valence-electron chi connectivity index (χ1n) is 7.46. The van der Waals surface area contributed by atoms with Crippen LogP contribution in [0.5, 0.6) is 0 Å². The van der Waals surface area contributed by atoms with E-state index in [0.29, 0.717) is 18.8 Å². The minimum Gasteiger partial charge on any atom is -0.481 e. The Hall–Kier alpha value is -1.15. The van der Waals surface area contributed by atoms with Crippen LogP contribution in [0.15, 0.2) is 0 Å². The Morgan fingerprint density at radius 1 is 1.14 bits per heavy atom. The van der Waals surface area contributed by atoms with E-state index in [9.17, 15) is 18.0 Å². The second-order valence-corrected chi connectivity index (χ2v) is 7.37. The van der Waals surface area contributed by atoms with Crippen LogP contribution in [0.1, 0.15) is 59.3 Å². The van der Waals surface area contributed by atoms with Crippen molar-refractivity contribution in [1.82, 2.24) is 0 Å². The van der Waals surface area contributed by atoms with Gasteiger partial charge in [-0.05, 0) is 25.2 Å². The zero-order valence-corrected chi connectivity index (χ0v) is 14.1. The second-order valence-electron chi connectivity index (χ2n) is 5.77. The number of hydrogen-bond acceptors (Lipinski definition) is 5. The van der Waals surface area contributed by atoms with Crippen LogP contribution in [0.2, 0.25) is 0 Å². The third kappa shape index (κ3) is 8.99. The van der Waals surface area contributed by atoms with Gasteiger partial charge in [-0.3, -0.25) is 14.1 Å². The van der Waals surface area contributed by atoms with Crippen molar-refractivity contribution in [1.29, 1.82) is 0 Å². The maximum absolute atomic E-state index is 11.9. The van der Waals surface area contributed by atoms with Crippen LogP contribution in [0.4, 0.5) is 0 Å². The molecule has 0 aliphatic heterocycles. The summed E-state index contributed by atoms with van der Waals surface area (Å²) in [5, 5.41) is 6.58. The third-order valence-electron chi connectivity index (χ3n) is 3.18. The molecule has 2 atom stereocenters. The van der Waals surface area contributed by atoms with Crippen molar-refractivity contribution >= 4 is 22.1 Å². The smallest absolute Gasteiger partial charge is 0.327 e. The molecule has 0 amide bonds. The van der Waals surface area contributed by atoms with E-state index in [2.05, 4.69) is 13.8 Å². The first kappa shape index (κ1) is 20.9. The molecule has 0 aliphatic carbocycles. The Kier molecular flexibility index (Phi) is 9.27. The van der Waals surface area contributed by atoms with Crippen molar-refractivity contribution in [3.8, 4) is 0 Å². The molecule has 0 aromatic carbocycles. The molecule has 0 spiro atoms. The standard InChI is InChI=1S/C14H26O7S/c1-4-6-11(8-5-7-10(2)3)21-14(17)12(9-13(15)16)22(18,19)20/h10-12H,4-9H2,1-3H3,(H,15,16)(H,18,19,20). The summed E-state index contributed by atoms with van der Waals surface area (Å²) in [4.78, 5) is 22.5. The van der Waals surface area contributed by atoms with Gasteiger partial charge in [0.2, 0.25) is 0 Å². The van der Waals surface area contributed by atoms with Crippen LogP contribution in [0.25, 0.3) is 0 Å². The van der Waals surface area contributed by atoms with Crippen LogP contribution in [0, 0.1) is 5.92 Å². The van der Waals surface area contributed by atoms with Gasteiger partial charge in [0.25, 0.3) is 10.1 Å². The van der Waals surface area contributed by atoms with Gasteiger partial charge < -0.3 is 9.84 Å². The number of rotatable bonds is 11. The molecule has 0 radical (unpaired) electrons. The number of carboxylic acid groups (broad SMARTS) is 1. The molecule has 8 heteroatoms. The SMILES string of the molecule is CCCC(CCCC(C)C)OC(=O)C(CC(=O)O)S(=O)(=O)O.